The molecule has 0 aromatic heterocycles. The lowest BCUT2D eigenvalue weighted by Crippen LogP contribution is -2.64. The highest BCUT2D eigenvalue weighted by molar-refractivity contribution is 6.06. The summed E-state index contributed by atoms with van der Waals surface area (Å²) in [7, 11) is 1.77. The van der Waals surface area contributed by atoms with Crippen molar-refractivity contribution in [2.75, 3.05) is 18.5 Å². The Morgan fingerprint density at radius 3 is 2.70 bits per heavy atom. The molecular formula is C14H18FN3O2. The van der Waals surface area contributed by atoms with Gasteiger partial charge in [0, 0.05) is 12.2 Å². The maximum Gasteiger partial charge on any atom is 0.251 e. The Bertz CT molecular complexity index is 557. The van der Waals surface area contributed by atoms with Gasteiger partial charge < -0.3 is 10.2 Å². The van der Waals surface area contributed by atoms with Gasteiger partial charge in [0.25, 0.3) is 5.91 Å². The Labute approximate surface area is 117 Å². The predicted molar refractivity (Wildman–Crippen MR) is 73.7 cm³/mol. The molecule has 0 bridgehead atoms. The van der Waals surface area contributed by atoms with E-state index in [9.17, 15) is 14.0 Å². The van der Waals surface area contributed by atoms with E-state index >= 15 is 0 Å². The average molecular weight is 279 g/mol. The number of anilines is 1. The Hall–Kier alpha value is -1.95. The summed E-state index contributed by atoms with van der Waals surface area (Å²) in [6, 6.07) is 4.55. The Morgan fingerprint density at radius 2 is 2.05 bits per heavy atom. The summed E-state index contributed by atoms with van der Waals surface area (Å²) in [6.45, 7) is 3.95. The number of halogens is 1. The van der Waals surface area contributed by atoms with Gasteiger partial charge in [-0.25, -0.2) is 4.39 Å². The topological polar surface area (TPSA) is 61.4 Å². The maximum atomic E-state index is 13.7. The molecule has 0 atom stereocenters. The molecule has 108 valence electrons. The fourth-order valence-electron chi connectivity index (χ4n) is 2.29. The molecule has 1 aromatic carbocycles. The second-order valence-corrected chi connectivity index (χ2v) is 5.37. The minimum atomic E-state index is -0.904. The molecule has 1 aromatic rings. The molecule has 0 spiro atoms. The van der Waals surface area contributed by atoms with Gasteiger partial charge in [-0.3, -0.25) is 14.9 Å². The van der Waals surface area contributed by atoms with Gasteiger partial charge >= 0.3 is 0 Å². The number of imide groups is 1. The fraction of sp³-hybridized carbons (Fsp3) is 0.429. The number of piperazine rings is 1. The highest BCUT2D eigenvalue weighted by atomic mass is 19.1. The van der Waals surface area contributed by atoms with Gasteiger partial charge in [0.2, 0.25) is 5.91 Å². The number of carbonyl (C=O) groups excluding carboxylic acids is 2. The zero-order valence-corrected chi connectivity index (χ0v) is 11.8. The monoisotopic (exact) mass is 279 g/mol. The van der Waals surface area contributed by atoms with E-state index in [-0.39, 0.29) is 24.2 Å². The molecule has 2 N–H and O–H groups in total. The molecule has 1 heterocycles. The quantitative estimate of drug-likeness (QED) is 0.803. The normalized spacial score (nSPS) is 18.1. The number of rotatable bonds is 3. The van der Waals surface area contributed by atoms with Gasteiger partial charge in [-0.05, 0) is 44.7 Å². The molecule has 2 rings (SSSR count). The van der Waals surface area contributed by atoms with Crippen LogP contribution in [-0.2, 0) is 16.1 Å². The zero-order valence-electron chi connectivity index (χ0n) is 11.8. The lowest BCUT2D eigenvalue weighted by Gasteiger charge is -2.41. The first kappa shape index (κ1) is 14.5. The standard InChI is InChI=1S/C14H18FN3O2/c1-14(2)13(20)17-12(19)8-18(14)11-5-9(7-16-3)4-10(15)6-11/h4-6,16H,7-8H2,1-3H3,(H,17,19,20). The van der Waals surface area contributed by atoms with Gasteiger partial charge in [-0.2, -0.15) is 0 Å². The van der Waals surface area contributed by atoms with Crippen LogP contribution in [0.15, 0.2) is 18.2 Å². The molecule has 1 fully saturated rings. The lowest BCUT2D eigenvalue weighted by atomic mass is 9.97. The molecule has 6 heteroatoms. The van der Waals surface area contributed by atoms with Gasteiger partial charge in [0.05, 0.1) is 6.54 Å². The average Bonchev–Trinajstić information content (AvgIpc) is 2.33. The lowest BCUT2D eigenvalue weighted by molar-refractivity contribution is -0.135. The summed E-state index contributed by atoms with van der Waals surface area (Å²) in [5, 5.41) is 5.25. The van der Waals surface area contributed by atoms with Crippen LogP contribution in [-0.4, -0.2) is 30.9 Å². The van der Waals surface area contributed by atoms with Crippen molar-refractivity contribution in [3.05, 3.63) is 29.6 Å². The first-order chi connectivity index (χ1) is 9.34. The minimum absolute atomic E-state index is 0.0290. The number of hydrogen-bond acceptors (Lipinski definition) is 4. The summed E-state index contributed by atoms with van der Waals surface area (Å²) >= 11 is 0. The van der Waals surface area contributed by atoms with Gasteiger partial charge in [-0.15, -0.1) is 0 Å². The molecule has 0 saturated carbocycles. The maximum absolute atomic E-state index is 13.7. The fourth-order valence-corrected chi connectivity index (χ4v) is 2.29. The number of hydrogen-bond donors (Lipinski definition) is 2. The molecule has 0 aliphatic carbocycles. The smallest absolute Gasteiger partial charge is 0.251 e. The van der Waals surface area contributed by atoms with Crippen LogP contribution in [0.4, 0.5) is 10.1 Å². The first-order valence-corrected chi connectivity index (χ1v) is 6.40. The second kappa shape index (κ2) is 5.20. The first-order valence-electron chi connectivity index (χ1n) is 6.40. The van der Waals surface area contributed by atoms with E-state index < -0.39 is 5.54 Å². The molecule has 1 aliphatic heterocycles. The van der Waals surface area contributed by atoms with Crippen molar-refractivity contribution < 1.29 is 14.0 Å². The number of benzene rings is 1. The summed E-state index contributed by atoms with van der Waals surface area (Å²) in [5.41, 5.74) is 0.388. The predicted octanol–water partition coefficient (Wildman–Crippen LogP) is 0.786. The number of carbonyl (C=O) groups is 2. The molecule has 0 unspecified atom stereocenters. The van der Waals surface area contributed by atoms with Crippen molar-refractivity contribution in [1.82, 2.24) is 10.6 Å². The van der Waals surface area contributed by atoms with Gasteiger partial charge in [0.15, 0.2) is 0 Å². The highest BCUT2D eigenvalue weighted by Gasteiger charge is 2.41. The molecular weight excluding hydrogens is 261 g/mol. The van der Waals surface area contributed by atoms with Gasteiger partial charge in [-0.1, -0.05) is 0 Å². The summed E-state index contributed by atoms with van der Waals surface area (Å²) < 4.78 is 13.7. The van der Waals surface area contributed by atoms with E-state index in [1.807, 2.05) is 0 Å². The van der Waals surface area contributed by atoms with Crippen molar-refractivity contribution in [3.63, 3.8) is 0 Å². The third kappa shape index (κ3) is 2.65. The number of nitrogens with one attached hydrogen (secondary N) is 2. The molecule has 1 saturated heterocycles. The van der Waals surface area contributed by atoms with E-state index in [1.54, 1.807) is 31.9 Å². The van der Waals surface area contributed by atoms with E-state index in [0.29, 0.717) is 12.2 Å². The van der Waals surface area contributed by atoms with Crippen LogP contribution in [0.1, 0.15) is 19.4 Å². The molecule has 0 radical (unpaired) electrons. The Balaban J connectivity index is 2.42. The molecule has 1 aliphatic rings. The summed E-state index contributed by atoms with van der Waals surface area (Å²) in [5.74, 6) is -1.15. The summed E-state index contributed by atoms with van der Waals surface area (Å²) in [4.78, 5) is 25.1. The minimum Gasteiger partial charge on any atom is -0.348 e. The van der Waals surface area contributed by atoms with Crippen LogP contribution in [0, 0.1) is 5.82 Å². The SMILES string of the molecule is CNCc1cc(F)cc(N2CC(=O)NC(=O)C2(C)C)c1. The van der Waals surface area contributed by atoms with E-state index in [0.717, 1.165) is 5.56 Å². The third-order valence-electron chi connectivity index (χ3n) is 3.42. The van der Waals surface area contributed by atoms with Crippen molar-refractivity contribution in [3.8, 4) is 0 Å². The zero-order chi connectivity index (χ0) is 14.9. The van der Waals surface area contributed by atoms with Crippen molar-refractivity contribution >= 4 is 17.5 Å². The van der Waals surface area contributed by atoms with Crippen molar-refractivity contribution in [2.45, 2.75) is 25.9 Å². The second-order valence-electron chi connectivity index (χ2n) is 5.37. The molecule has 5 nitrogen and oxygen atoms in total. The van der Waals surface area contributed by atoms with E-state index in [1.165, 1.54) is 12.1 Å². The van der Waals surface area contributed by atoms with Gasteiger partial charge in [0.1, 0.15) is 11.4 Å². The highest BCUT2D eigenvalue weighted by Crippen LogP contribution is 2.28. The summed E-state index contributed by atoms with van der Waals surface area (Å²) in [6.07, 6.45) is 0. The van der Waals surface area contributed by atoms with Crippen LogP contribution in [0.2, 0.25) is 0 Å². The molecule has 2 amide bonds. The molecule has 20 heavy (non-hydrogen) atoms. The van der Waals surface area contributed by atoms with E-state index in [4.69, 9.17) is 0 Å². The number of nitrogens with zero attached hydrogens (tertiary/aromatic N) is 1. The van der Waals surface area contributed by atoms with Crippen LogP contribution >= 0.6 is 0 Å². The largest absolute Gasteiger partial charge is 0.348 e. The van der Waals surface area contributed by atoms with Crippen LogP contribution in [0.25, 0.3) is 0 Å². The van der Waals surface area contributed by atoms with Crippen LogP contribution < -0.4 is 15.5 Å². The third-order valence-corrected chi connectivity index (χ3v) is 3.42. The van der Waals surface area contributed by atoms with Crippen molar-refractivity contribution in [1.29, 1.82) is 0 Å². The Morgan fingerprint density at radius 1 is 1.35 bits per heavy atom. The number of amides is 2. The van der Waals surface area contributed by atoms with Crippen molar-refractivity contribution in [2.24, 2.45) is 0 Å². The van der Waals surface area contributed by atoms with E-state index in [2.05, 4.69) is 10.6 Å². The van der Waals surface area contributed by atoms with Crippen LogP contribution in [0.3, 0.4) is 0 Å². The Kier molecular flexibility index (Phi) is 3.76. The van der Waals surface area contributed by atoms with Crippen LogP contribution in [0.5, 0.6) is 0 Å².